The van der Waals surface area contributed by atoms with Gasteiger partial charge in [0.2, 0.25) is 0 Å². The van der Waals surface area contributed by atoms with E-state index in [2.05, 4.69) is 0 Å². The summed E-state index contributed by atoms with van der Waals surface area (Å²) in [5, 5.41) is 39.1. The molecule has 0 bridgehead atoms. The third-order valence-electron chi connectivity index (χ3n) is 5.20. The number of allylic oxidation sites excluding steroid dienone is 1. The molecule has 0 amide bonds. The summed E-state index contributed by atoms with van der Waals surface area (Å²) < 4.78 is 0.857. The van der Waals surface area contributed by atoms with Crippen LogP contribution < -0.4 is 0 Å². The molecule has 0 spiro atoms. The number of carbonyl (C=O) groups is 2. The molecule has 0 fully saturated rings. The predicted molar refractivity (Wildman–Crippen MR) is 121 cm³/mol. The SMILES string of the molecule is N#Cc1cc2c(C(=O)/C=C/c3ccc(C(=O)O)cc3)c(-c3ccccc3)n(O)c2cc1C#N. The van der Waals surface area contributed by atoms with E-state index in [4.69, 9.17) is 5.11 Å². The highest BCUT2D eigenvalue weighted by Gasteiger charge is 2.24. The number of nitriles is 2. The van der Waals surface area contributed by atoms with E-state index in [1.54, 1.807) is 42.5 Å². The molecular weight excluding hydrogens is 418 g/mol. The second-order valence-electron chi connectivity index (χ2n) is 7.16. The minimum Gasteiger partial charge on any atom is -0.478 e. The Kier molecular flexibility index (Phi) is 5.46. The fraction of sp³-hybridized carbons (Fsp3) is 0. The third-order valence-corrected chi connectivity index (χ3v) is 5.20. The number of fused-ring (bicyclic) bond motifs is 1. The molecule has 1 heterocycles. The van der Waals surface area contributed by atoms with Gasteiger partial charge in [0, 0.05) is 10.9 Å². The molecule has 1 aromatic heterocycles. The quantitative estimate of drug-likeness (QED) is 0.262. The van der Waals surface area contributed by atoms with Gasteiger partial charge < -0.3 is 10.3 Å². The lowest BCUT2D eigenvalue weighted by atomic mass is 9.98. The lowest BCUT2D eigenvalue weighted by Crippen LogP contribution is -2.00. The molecule has 3 aromatic carbocycles. The van der Waals surface area contributed by atoms with Crippen LogP contribution in [0.3, 0.4) is 0 Å². The van der Waals surface area contributed by atoms with Crippen LogP contribution in [0.2, 0.25) is 0 Å². The van der Waals surface area contributed by atoms with Crippen molar-refractivity contribution in [2.24, 2.45) is 0 Å². The van der Waals surface area contributed by atoms with E-state index >= 15 is 0 Å². The summed E-state index contributed by atoms with van der Waals surface area (Å²) in [6.45, 7) is 0. The molecule has 0 saturated carbocycles. The van der Waals surface area contributed by atoms with Crippen LogP contribution in [-0.4, -0.2) is 26.8 Å². The number of carboxylic acids is 1. The standard InChI is InChI=1S/C26H15N3O4/c27-14-19-12-21-22(13-20(19)15-28)29(33)25(17-4-2-1-3-5-17)24(21)23(30)11-8-16-6-9-18(10-7-16)26(31)32/h1-13,33H,(H,31,32)/b11-8+. The first-order valence-electron chi connectivity index (χ1n) is 9.77. The van der Waals surface area contributed by atoms with Crippen LogP contribution in [0.25, 0.3) is 28.2 Å². The molecule has 0 aliphatic carbocycles. The van der Waals surface area contributed by atoms with Crippen molar-refractivity contribution in [2.75, 3.05) is 0 Å². The second kappa shape index (κ2) is 8.54. The zero-order valence-corrected chi connectivity index (χ0v) is 17.1. The highest BCUT2D eigenvalue weighted by molar-refractivity contribution is 6.19. The van der Waals surface area contributed by atoms with Crippen LogP contribution in [0, 0.1) is 22.7 Å². The molecule has 7 heteroatoms. The molecule has 0 aliphatic rings. The van der Waals surface area contributed by atoms with Gasteiger partial charge in [0.15, 0.2) is 5.78 Å². The summed E-state index contributed by atoms with van der Waals surface area (Å²) in [6.07, 6.45) is 2.86. The van der Waals surface area contributed by atoms with Gasteiger partial charge in [-0.25, -0.2) is 4.79 Å². The molecule has 4 aromatic rings. The van der Waals surface area contributed by atoms with E-state index in [1.165, 1.54) is 36.4 Å². The van der Waals surface area contributed by atoms with E-state index in [0.29, 0.717) is 16.5 Å². The Hall–Kier alpha value is -5.14. The molecule has 0 unspecified atom stereocenters. The van der Waals surface area contributed by atoms with Crippen molar-refractivity contribution in [2.45, 2.75) is 0 Å². The van der Waals surface area contributed by atoms with Gasteiger partial charge in [-0.3, -0.25) is 4.79 Å². The Bertz CT molecular complexity index is 1520. The normalized spacial score (nSPS) is 10.7. The number of aromatic nitrogens is 1. The van der Waals surface area contributed by atoms with Crippen LogP contribution in [0.1, 0.15) is 37.4 Å². The Labute approximate surface area is 188 Å². The van der Waals surface area contributed by atoms with E-state index < -0.39 is 11.8 Å². The maximum atomic E-state index is 13.3. The van der Waals surface area contributed by atoms with Crippen molar-refractivity contribution in [1.82, 2.24) is 4.73 Å². The lowest BCUT2D eigenvalue weighted by Gasteiger charge is -2.05. The van der Waals surface area contributed by atoms with E-state index in [-0.39, 0.29) is 33.5 Å². The highest BCUT2D eigenvalue weighted by Crippen LogP contribution is 2.35. The maximum absolute atomic E-state index is 13.3. The summed E-state index contributed by atoms with van der Waals surface area (Å²) in [5.41, 5.74) is 2.15. The van der Waals surface area contributed by atoms with Crippen molar-refractivity contribution >= 4 is 28.7 Å². The highest BCUT2D eigenvalue weighted by atomic mass is 16.5. The van der Waals surface area contributed by atoms with E-state index in [1.807, 2.05) is 12.1 Å². The third kappa shape index (κ3) is 3.83. The van der Waals surface area contributed by atoms with Gasteiger partial charge in [-0.2, -0.15) is 15.3 Å². The molecule has 33 heavy (non-hydrogen) atoms. The molecule has 0 saturated heterocycles. The molecule has 7 nitrogen and oxygen atoms in total. The fourth-order valence-electron chi connectivity index (χ4n) is 3.61. The first kappa shape index (κ1) is 21.1. The van der Waals surface area contributed by atoms with Crippen molar-refractivity contribution < 1.29 is 19.9 Å². The Morgan fingerprint density at radius 2 is 1.55 bits per heavy atom. The van der Waals surface area contributed by atoms with Gasteiger partial charge >= 0.3 is 5.97 Å². The number of carboxylic acid groups (broad SMARTS) is 1. The largest absolute Gasteiger partial charge is 0.478 e. The summed E-state index contributed by atoms with van der Waals surface area (Å²) in [6, 6.07) is 21.5. The van der Waals surface area contributed by atoms with Crippen molar-refractivity contribution in [1.29, 1.82) is 10.5 Å². The Balaban J connectivity index is 1.89. The van der Waals surface area contributed by atoms with Gasteiger partial charge in [0.25, 0.3) is 0 Å². The number of rotatable bonds is 5. The number of carbonyl (C=O) groups excluding carboxylic acids is 1. The number of ketones is 1. The summed E-state index contributed by atoms with van der Waals surface area (Å²) in [7, 11) is 0. The molecule has 2 N–H and O–H groups in total. The lowest BCUT2D eigenvalue weighted by molar-refractivity contribution is 0.0696. The van der Waals surface area contributed by atoms with E-state index in [9.17, 15) is 25.3 Å². The molecule has 0 atom stereocenters. The first-order valence-corrected chi connectivity index (χ1v) is 9.77. The number of hydrogen-bond donors (Lipinski definition) is 2. The van der Waals surface area contributed by atoms with Gasteiger partial charge in [-0.05, 0) is 35.9 Å². The minimum atomic E-state index is -1.05. The zero-order valence-electron chi connectivity index (χ0n) is 17.1. The average molecular weight is 433 g/mol. The summed E-state index contributed by atoms with van der Waals surface area (Å²) >= 11 is 0. The van der Waals surface area contributed by atoms with Gasteiger partial charge in [0.1, 0.15) is 12.1 Å². The van der Waals surface area contributed by atoms with Crippen LogP contribution >= 0.6 is 0 Å². The van der Waals surface area contributed by atoms with E-state index in [0.717, 1.165) is 4.73 Å². The Morgan fingerprint density at radius 1 is 0.909 bits per heavy atom. The van der Waals surface area contributed by atoms with Crippen LogP contribution in [0.15, 0.2) is 72.8 Å². The van der Waals surface area contributed by atoms with Crippen molar-refractivity contribution in [3.63, 3.8) is 0 Å². The molecule has 4 rings (SSSR count). The molecule has 0 aliphatic heterocycles. The van der Waals surface area contributed by atoms with Crippen molar-refractivity contribution in [3.8, 4) is 23.4 Å². The van der Waals surface area contributed by atoms with Crippen LogP contribution in [-0.2, 0) is 0 Å². The number of aromatic carboxylic acids is 1. The monoisotopic (exact) mass is 433 g/mol. The summed E-state index contributed by atoms with van der Waals surface area (Å²) in [5.74, 6) is -1.47. The maximum Gasteiger partial charge on any atom is 0.335 e. The zero-order chi connectivity index (χ0) is 23.5. The number of nitrogens with zero attached hydrogens (tertiary/aromatic N) is 3. The smallest absolute Gasteiger partial charge is 0.335 e. The van der Waals surface area contributed by atoms with Gasteiger partial charge in [-0.1, -0.05) is 48.5 Å². The Morgan fingerprint density at radius 3 is 2.15 bits per heavy atom. The number of benzene rings is 3. The average Bonchev–Trinajstić information content (AvgIpc) is 3.13. The molecule has 0 radical (unpaired) electrons. The minimum absolute atomic E-state index is 0.0884. The predicted octanol–water partition coefficient (Wildman–Crippen LogP) is 4.88. The van der Waals surface area contributed by atoms with Crippen molar-refractivity contribution in [3.05, 3.63) is 101 Å². The van der Waals surface area contributed by atoms with Crippen LogP contribution in [0.4, 0.5) is 0 Å². The summed E-state index contributed by atoms with van der Waals surface area (Å²) in [4.78, 5) is 24.3. The molecule has 158 valence electrons. The number of hydrogen-bond acceptors (Lipinski definition) is 5. The topological polar surface area (TPSA) is 127 Å². The molecular formula is C26H15N3O4. The van der Waals surface area contributed by atoms with Gasteiger partial charge in [-0.15, -0.1) is 0 Å². The first-order chi connectivity index (χ1) is 15.9. The van der Waals surface area contributed by atoms with Crippen LogP contribution in [0.5, 0.6) is 0 Å². The fourth-order valence-corrected chi connectivity index (χ4v) is 3.61. The van der Waals surface area contributed by atoms with Gasteiger partial charge in [0.05, 0.1) is 33.5 Å². The second-order valence-corrected chi connectivity index (χ2v) is 7.16.